The van der Waals surface area contributed by atoms with Gasteiger partial charge in [0.15, 0.2) is 0 Å². The maximum Gasteiger partial charge on any atom is 0.235 e. The van der Waals surface area contributed by atoms with Crippen molar-refractivity contribution in [3.8, 4) is 0 Å². The first kappa shape index (κ1) is 11.2. The average molecular weight is 311 g/mol. The second-order valence-corrected chi connectivity index (χ2v) is 6.70. The van der Waals surface area contributed by atoms with Crippen molar-refractivity contribution in [2.75, 3.05) is 4.72 Å². The molecule has 1 aromatic carbocycles. The third-order valence-electron chi connectivity index (χ3n) is 2.14. The fourth-order valence-corrected chi connectivity index (χ4v) is 3.06. The minimum Gasteiger partial charge on any atom is -0.283 e. The highest BCUT2D eigenvalue weighted by atomic mass is 79.9. The first-order valence-electron chi connectivity index (χ1n) is 4.46. The lowest BCUT2D eigenvalue weighted by molar-refractivity contribution is 0.600. The molecule has 1 aliphatic rings. The van der Waals surface area contributed by atoms with Crippen LogP contribution < -0.4 is 4.72 Å². The molecule has 1 N–H and O–H groups in total. The zero-order valence-electron chi connectivity index (χ0n) is 7.70. The van der Waals surface area contributed by atoms with Crippen molar-refractivity contribution in [1.29, 1.82) is 0 Å². The van der Waals surface area contributed by atoms with Crippen LogP contribution in [0.2, 0.25) is 5.02 Å². The molecule has 0 amide bonds. The number of nitrogens with one attached hydrogen (secondary N) is 1. The Labute approximate surface area is 102 Å². The van der Waals surface area contributed by atoms with Gasteiger partial charge in [0.05, 0.1) is 10.3 Å². The van der Waals surface area contributed by atoms with Crippen molar-refractivity contribution in [3.05, 3.63) is 27.7 Å². The summed E-state index contributed by atoms with van der Waals surface area (Å²) >= 11 is 9.04. The fraction of sp³-hybridized carbons (Fsp3) is 0.333. The molecule has 1 aromatic rings. The Balaban J connectivity index is 2.21. The lowest BCUT2D eigenvalue weighted by Gasteiger charge is -2.07. The molecule has 6 heteroatoms. The molecule has 0 saturated heterocycles. The Kier molecular flexibility index (Phi) is 2.96. The molecule has 0 bridgehead atoms. The predicted octanol–water partition coefficient (Wildman–Crippen LogP) is 3.01. The molecular formula is C9H9BrClNO2S. The van der Waals surface area contributed by atoms with Crippen LogP contribution in [-0.4, -0.2) is 13.7 Å². The Morgan fingerprint density at radius 3 is 2.60 bits per heavy atom. The molecule has 0 aliphatic heterocycles. The topological polar surface area (TPSA) is 46.2 Å². The Bertz CT molecular complexity index is 485. The maximum absolute atomic E-state index is 11.6. The SMILES string of the molecule is O=S(=O)(Nc1ccc(Cl)c(Br)c1)C1CC1. The van der Waals surface area contributed by atoms with Crippen LogP contribution in [0.4, 0.5) is 5.69 Å². The van der Waals surface area contributed by atoms with Crippen LogP contribution in [0, 0.1) is 0 Å². The van der Waals surface area contributed by atoms with Crippen LogP contribution in [0.15, 0.2) is 22.7 Å². The number of rotatable bonds is 3. The maximum atomic E-state index is 11.6. The van der Waals surface area contributed by atoms with Crippen LogP contribution in [0.1, 0.15) is 12.8 Å². The molecule has 3 nitrogen and oxygen atoms in total. The van der Waals surface area contributed by atoms with E-state index in [0.717, 1.165) is 12.8 Å². The molecule has 1 aliphatic carbocycles. The smallest absolute Gasteiger partial charge is 0.235 e. The first-order chi connectivity index (χ1) is 6.99. The number of hydrogen-bond acceptors (Lipinski definition) is 2. The van der Waals surface area contributed by atoms with Crippen molar-refractivity contribution >= 4 is 43.2 Å². The Morgan fingerprint density at radius 1 is 1.40 bits per heavy atom. The molecule has 1 fully saturated rings. The van der Waals surface area contributed by atoms with E-state index in [9.17, 15) is 8.42 Å². The number of hydrogen-bond donors (Lipinski definition) is 1. The highest BCUT2D eigenvalue weighted by molar-refractivity contribution is 9.10. The molecule has 15 heavy (non-hydrogen) atoms. The molecule has 0 atom stereocenters. The predicted molar refractivity (Wildman–Crippen MR) is 64.7 cm³/mol. The summed E-state index contributed by atoms with van der Waals surface area (Å²) in [4.78, 5) is 0. The summed E-state index contributed by atoms with van der Waals surface area (Å²) in [5.74, 6) is 0. The number of anilines is 1. The van der Waals surface area contributed by atoms with E-state index in [1.807, 2.05) is 0 Å². The monoisotopic (exact) mass is 309 g/mol. The van der Waals surface area contributed by atoms with Gasteiger partial charge in [0.25, 0.3) is 0 Å². The summed E-state index contributed by atoms with van der Waals surface area (Å²) < 4.78 is 26.4. The number of sulfonamides is 1. The van der Waals surface area contributed by atoms with Crippen molar-refractivity contribution in [3.63, 3.8) is 0 Å². The minimum absolute atomic E-state index is 0.216. The van der Waals surface area contributed by atoms with E-state index in [1.54, 1.807) is 18.2 Å². The van der Waals surface area contributed by atoms with Crippen LogP contribution in [0.5, 0.6) is 0 Å². The van der Waals surface area contributed by atoms with E-state index in [1.165, 1.54) is 0 Å². The average Bonchev–Trinajstić information content (AvgIpc) is 2.93. The molecule has 0 heterocycles. The molecule has 2 rings (SSSR count). The molecule has 0 spiro atoms. The molecule has 0 radical (unpaired) electrons. The molecule has 82 valence electrons. The van der Waals surface area contributed by atoms with Crippen LogP contribution in [0.25, 0.3) is 0 Å². The quantitative estimate of drug-likeness (QED) is 0.933. The number of halogens is 2. The Hall–Kier alpha value is -0.260. The van der Waals surface area contributed by atoms with E-state index in [4.69, 9.17) is 11.6 Å². The largest absolute Gasteiger partial charge is 0.283 e. The lowest BCUT2D eigenvalue weighted by atomic mass is 10.3. The van der Waals surface area contributed by atoms with Gasteiger partial charge in [-0.25, -0.2) is 8.42 Å². The van der Waals surface area contributed by atoms with E-state index in [2.05, 4.69) is 20.7 Å². The normalized spacial score (nSPS) is 16.4. The molecular weight excluding hydrogens is 302 g/mol. The zero-order valence-corrected chi connectivity index (χ0v) is 10.9. The first-order valence-corrected chi connectivity index (χ1v) is 7.17. The minimum atomic E-state index is -3.18. The molecule has 0 unspecified atom stereocenters. The van der Waals surface area contributed by atoms with Crippen LogP contribution in [-0.2, 0) is 10.0 Å². The van der Waals surface area contributed by atoms with Gasteiger partial charge < -0.3 is 0 Å². The third kappa shape index (κ3) is 2.65. The van der Waals surface area contributed by atoms with E-state index >= 15 is 0 Å². The Morgan fingerprint density at radius 2 is 2.07 bits per heavy atom. The fourth-order valence-electron chi connectivity index (χ4n) is 1.19. The van der Waals surface area contributed by atoms with Crippen LogP contribution in [0.3, 0.4) is 0 Å². The van der Waals surface area contributed by atoms with E-state index < -0.39 is 10.0 Å². The molecule has 0 aromatic heterocycles. The summed E-state index contributed by atoms with van der Waals surface area (Å²) in [6.45, 7) is 0. The highest BCUT2D eigenvalue weighted by Crippen LogP contribution is 2.31. The van der Waals surface area contributed by atoms with Gasteiger partial charge in [-0.3, -0.25) is 4.72 Å². The van der Waals surface area contributed by atoms with Gasteiger partial charge in [-0.2, -0.15) is 0 Å². The van der Waals surface area contributed by atoms with Gasteiger partial charge in [0, 0.05) is 10.2 Å². The van der Waals surface area contributed by atoms with Gasteiger partial charge in [-0.05, 0) is 47.0 Å². The standard InChI is InChI=1S/C9H9BrClNO2S/c10-8-5-6(1-4-9(8)11)12-15(13,14)7-2-3-7/h1,4-5,7,12H,2-3H2. The summed E-state index contributed by atoms with van der Waals surface area (Å²) in [5.41, 5.74) is 0.540. The van der Waals surface area contributed by atoms with Gasteiger partial charge in [0.2, 0.25) is 10.0 Å². The van der Waals surface area contributed by atoms with Gasteiger partial charge >= 0.3 is 0 Å². The number of benzene rings is 1. The van der Waals surface area contributed by atoms with E-state index in [0.29, 0.717) is 15.2 Å². The van der Waals surface area contributed by atoms with E-state index in [-0.39, 0.29) is 5.25 Å². The second-order valence-electron chi connectivity index (χ2n) is 3.48. The van der Waals surface area contributed by atoms with Crippen molar-refractivity contribution < 1.29 is 8.42 Å². The highest BCUT2D eigenvalue weighted by Gasteiger charge is 2.35. The van der Waals surface area contributed by atoms with Crippen molar-refractivity contribution in [1.82, 2.24) is 0 Å². The zero-order chi connectivity index (χ0) is 11.1. The van der Waals surface area contributed by atoms with Gasteiger partial charge in [-0.1, -0.05) is 11.6 Å². The summed E-state index contributed by atoms with van der Waals surface area (Å²) in [5, 5.41) is 0.344. The summed E-state index contributed by atoms with van der Waals surface area (Å²) in [6, 6.07) is 4.95. The summed E-state index contributed by atoms with van der Waals surface area (Å²) in [6.07, 6.45) is 1.51. The third-order valence-corrected chi connectivity index (χ3v) is 5.23. The second kappa shape index (κ2) is 3.96. The van der Waals surface area contributed by atoms with Crippen molar-refractivity contribution in [2.45, 2.75) is 18.1 Å². The van der Waals surface area contributed by atoms with Gasteiger partial charge in [0.1, 0.15) is 0 Å². The lowest BCUT2D eigenvalue weighted by Crippen LogP contribution is -2.17. The molecule has 1 saturated carbocycles. The van der Waals surface area contributed by atoms with Gasteiger partial charge in [-0.15, -0.1) is 0 Å². The van der Waals surface area contributed by atoms with Crippen LogP contribution >= 0.6 is 27.5 Å². The van der Waals surface area contributed by atoms with Crippen molar-refractivity contribution in [2.24, 2.45) is 0 Å². The summed E-state index contributed by atoms with van der Waals surface area (Å²) in [7, 11) is -3.18.